The standard InChI is InChI=1S/C22H31NO3/c1-7-15(6)23-19(25)11-17-10-18(24)21(22(17)26)20-13(4)8-16(12(2)3)9-14(20)5/h8-9,12,15,17,21H,7,10-11H2,1-6H3,(H,23,25). The quantitative estimate of drug-likeness (QED) is 0.784. The van der Waals surface area contributed by atoms with Gasteiger partial charge in [0.15, 0.2) is 5.78 Å². The van der Waals surface area contributed by atoms with Gasteiger partial charge in [-0.3, -0.25) is 14.4 Å². The van der Waals surface area contributed by atoms with Gasteiger partial charge < -0.3 is 5.32 Å². The zero-order valence-corrected chi connectivity index (χ0v) is 16.8. The Morgan fingerprint density at radius 3 is 2.23 bits per heavy atom. The molecule has 1 aliphatic rings. The van der Waals surface area contributed by atoms with Crippen molar-refractivity contribution < 1.29 is 14.4 Å². The molecule has 0 radical (unpaired) electrons. The molecule has 1 amide bonds. The molecule has 4 nitrogen and oxygen atoms in total. The maximum atomic E-state index is 12.9. The van der Waals surface area contributed by atoms with Gasteiger partial charge in [-0.25, -0.2) is 0 Å². The molecular formula is C22H31NO3. The van der Waals surface area contributed by atoms with E-state index in [4.69, 9.17) is 0 Å². The zero-order valence-electron chi connectivity index (χ0n) is 16.8. The van der Waals surface area contributed by atoms with Gasteiger partial charge in [0.2, 0.25) is 5.91 Å². The number of rotatable bonds is 6. The van der Waals surface area contributed by atoms with Gasteiger partial charge in [-0.15, -0.1) is 0 Å². The van der Waals surface area contributed by atoms with Crippen molar-refractivity contribution in [3.05, 3.63) is 34.4 Å². The Kier molecular flexibility index (Phi) is 6.38. The van der Waals surface area contributed by atoms with Gasteiger partial charge in [0, 0.05) is 24.8 Å². The number of ketones is 2. The molecule has 1 saturated carbocycles. The second kappa shape index (κ2) is 8.15. The number of amides is 1. The maximum absolute atomic E-state index is 12.9. The van der Waals surface area contributed by atoms with Crippen LogP contribution in [-0.4, -0.2) is 23.5 Å². The van der Waals surface area contributed by atoms with Crippen molar-refractivity contribution >= 4 is 17.5 Å². The fraction of sp³-hybridized carbons (Fsp3) is 0.591. The smallest absolute Gasteiger partial charge is 0.220 e. The number of carbonyl (C=O) groups is 3. The first-order valence-corrected chi connectivity index (χ1v) is 9.62. The lowest BCUT2D eigenvalue weighted by Gasteiger charge is -2.18. The van der Waals surface area contributed by atoms with Crippen LogP contribution in [0.15, 0.2) is 12.1 Å². The van der Waals surface area contributed by atoms with Gasteiger partial charge in [-0.1, -0.05) is 32.9 Å². The SMILES string of the molecule is CCC(C)NC(=O)CC1CC(=O)C(c2c(C)cc(C(C)C)cc2C)C1=O. The largest absolute Gasteiger partial charge is 0.354 e. The Morgan fingerprint density at radius 1 is 1.15 bits per heavy atom. The maximum Gasteiger partial charge on any atom is 0.220 e. The highest BCUT2D eigenvalue weighted by Crippen LogP contribution is 2.38. The minimum Gasteiger partial charge on any atom is -0.354 e. The fourth-order valence-corrected chi connectivity index (χ4v) is 3.79. The molecule has 142 valence electrons. The van der Waals surface area contributed by atoms with Gasteiger partial charge in [0.05, 0.1) is 0 Å². The summed E-state index contributed by atoms with van der Waals surface area (Å²) >= 11 is 0. The molecule has 1 fully saturated rings. The molecule has 1 aromatic carbocycles. The number of hydrogen-bond donors (Lipinski definition) is 1. The number of hydrogen-bond acceptors (Lipinski definition) is 3. The van der Waals surface area contributed by atoms with E-state index < -0.39 is 11.8 Å². The van der Waals surface area contributed by atoms with Gasteiger partial charge in [0.25, 0.3) is 0 Å². The van der Waals surface area contributed by atoms with E-state index in [1.165, 1.54) is 5.56 Å². The molecule has 0 heterocycles. The summed E-state index contributed by atoms with van der Waals surface area (Å²) in [5.74, 6) is -1.11. The minimum atomic E-state index is -0.711. The molecule has 3 unspecified atom stereocenters. The number of Topliss-reactive ketones (excluding diaryl/α,β-unsaturated/α-hetero) is 2. The van der Waals surface area contributed by atoms with Gasteiger partial charge in [-0.05, 0) is 55.4 Å². The molecule has 1 aromatic rings. The van der Waals surface area contributed by atoms with E-state index in [-0.39, 0.29) is 36.4 Å². The molecule has 26 heavy (non-hydrogen) atoms. The Morgan fingerprint density at radius 2 is 1.73 bits per heavy atom. The molecule has 4 heteroatoms. The van der Waals surface area contributed by atoms with Gasteiger partial charge >= 0.3 is 0 Å². The summed E-state index contributed by atoms with van der Waals surface area (Å²) in [5, 5.41) is 2.89. The third-order valence-corrected chi connectivity index (χ3v) is 5.48. The van der Waals surface area contributed by atoms with Crippen LogP contribution in [0.1, 0.15) is 81.0 Å². The number of nitrogens with one attached hydrogen (secondary N) is 1. The van der Waals surface area contributed by atoms with Crippen molar-refractivity contribution in [1.82, 2.24) is 5.32 Å². The molecule has 1 aliphatic carbocycles. The summed E-state index contributed by atoms with van der Waals surface area (Å²) in [6.07, 6.45) is 1.11. The van der Waals surface area contributed by atoms with E-state index >= 15 is 0 Å². The Hall–Kier alpha value is -1.97. The van der Waals surface area contributed by atoms with E-state index in [0.717, 1.165) is 23.1 Å². The second-order valence-electron chi connectivity index (χ2n) is 8.01. The van der Waals surface area contributed by atoms with Crippen LogP contribution >= 0.6 is 0 Å². The highest BCUT2D eigenvalue weighted by atomic mass is 16.2. The van der Waals surface area contributed by atoms with Crippen LogP contribution in [0.3, 0.4) is 0 Å². The number of aryl methyl sites for hydroxylation is 2. The number of carbonyl (C=O) groups excluding carboxylic acids is 3. The first kappa shape index (κ1) is 20.3. The molecule has 0 saturated heterocycles. The normalized spacial score (nSPS) is 21.3. The van der Waals surface area contributed by atoms with Crippen molar-refractivity contribution in [3.8, 4) is 0 Å². The van der Waals surface area contributed by atoms with Crippen LogP contribution in [0.2, 0.25) is 0 Å². The number of benzene rings is 1. The third-order valence-electron chi connectivity index (χ3n) is 5.48. The van der Waals surface area contributed by atoms with Crippen LogP contribution in [0.25, 0.3) is 0 Å². The fourth-order valence-electron chi connectivity index (χ4n) is 3.79. The topological polar surface area (TPSA) is 63.2 Å². The Labute approximate surface area is 156 Å². The van der Waals surface area contributed by atoms with E-state index in [1.54, 1.807) is 0 Å². The van der Waals surface area contributed by atoms with Crippen LogP contribution in [0.4, 0.5) is 0 Å². The summed E-state index contributed by atoms with van der Waals surface area (Å²) in [7, 11) is 0. The molecule has 0 aromatic heterocycles. The summed E-state index contributed by atoms with van der Waals surface area (Å²) in [5.41, 5.74) is 4.04. The first-order valence-electron chi connectivity index (χ1n) is 9.62. The van der Waals surface area contributed by atoms with Gasteiger partial charge in [-0.2, -0.15) is 0 Å². The molecular weight excluding hydrogens is 326 g/mol. The van der Waals surface area contributed by atoms with Crippen molar-refractivity contribution in [3.63, 3.8) is 0 Å². The van der Waals surface area contributed by atoms with Crippen LogP contribution < -0.4 is 5.32 Å². The van der Waals surface area contributed by atoms with E-state index in [2.05, 4.69) is 31.3 Å². The van der Waals surface area contributed by atoms with Crippen molar-refractivity contribution in [1.29, 1.82) is 0 Å². The summed E-state index contributed by atoms with van der Waals surface area (Å²) in [6.45, 7) is 12.1. The summed E-state index contributed by atoms with van der Waals surface area (Å²) in [4.78, 5) is 37.7. The second-order valence-corrected chi connectivity index (χ2v) is 8.01. The van der Waals surface area contributed by atoms with Crippen molar-refractivity contribution in [2.45, 2.75) is 78.7 Å². The third kappa shape index (κ3) is 4.22. The summed E-state index contributed by atoms with van der Waals surface area (Å²) in [6, 6.07) is 4.24. The molecule has 0 spiro atoms. The van der Waals surface area contributed by atoms with E-state index in [1.807, 2.05) is 27.7 Å². The molecule has 0 aliphatic heterocycles. The Balaban J connectivity index is 2.23. The van der Waals surface area contributed by atoms with Crippen LogP contribution in [-0.2, 0) is 14.4 Å². The molecule has 1 N–H and O–H groups in total. The monoisotopic (exact) mass is 357 g/mol. The average Bonchev–Trinajstić information content (AvgIpc) is 2.81. The van der Waals surface area contributed by atoms with Crippen LogP contribution in [0.5, 0.6) is 0 Å². The predicted octanol–water partition coefficient (Wildman–Crippen LogP) is 3.97. The van der Waals surface area contributed by atoms with Gasteiger partial charge in [0.1, 0.15) is 11.7 Å². The molecule has 0 bridgehead atoms. The highest BCUT2D eigenvalue weighted by molar-refractivity contribution is 6.15. The minimum absolute atomic E-state index is 0.0557. The molecule has 2 rings (SSSR count). The average molecular weight is 357 g/mol. The lowest BCUT2D eigenvalue weighted by molar-refractivity contribution is -0.128. The Bertz CT molecular complexity index is 697. The molecule has 3 atom stereocenters. The lowest BCUT2D eigenvalue weighted by Crippen LogP contribution is -2.34. The summed E-state index contributed by atoms with van der Waals surface area (Å²) < 4.78 is 0. The predicted molar refractivity (Wildman–Crippen MR) is 103 cm³/mol. The highest BCUT2D eigenvalue weighted by Gasteiger charge is 2.43. The van der Waals surface area contributed by atoms with E-state index in [0.29, 0.717) is 5.92 Å². The van der Waals surface area contributed by atoms with Crippen molar-refractivity contribution in [2.75, 3.05) is 0 Å². The van der Waals surface area contributed by atoms with E-state index in [9.17, 15) is 14.4 Å². The van der Waals surface area contributed by atoms with Crippen LogP contribution in [0, 0.1) is 19.8 Å². The zero-order chi connectivity index (χ0) is 19.6. The lowest BCUT2D eigenvalue weighted by atomic mass is 9.84. The first-order chi connectivity index (χ1) is 12.1. The van der Waals surface area contributed by atoms with Crippen molar-refractivity contribution in [2.24, 2.45) is 5.92 Å².